The second-order valence-electron chi connectivity index (χ2n) is 12.1. The lowest BCUT2D eigenvalue weighted by Crippen LogP contribution is -2.42. The number of rotatable bonds is 9. The number of hydrogen-bond acceptors (Lipinski definition) is 9. The van der Waals surface area contributed by atoms with Crippen LogP contribution in [0.4, 0.5) is 0 Å². The molecule has 10 nitrogen and oxygen atoms in total. The van der Waals surface area contributed by atoms with Gasteiger partial charge in [0.1, 0.15) is 20.5 Å². The first kappa shape index (κ1) is 33.3. The Bertz CT molecular complexity index is 1520. The highest BCUT2D eigenvalue weighted by molar-refractivity contribution is 7.91. The summed E-state index contributed by atoms with van der Waals surface area (Å²) >= 11 is 7.94. The molecule has 2 saturated heterocycles. The molecule has 4 rings (SSSR count). The van der Waals surface area contributed by atoms with Gasteiger partial charge in [0.05, 0.1) is 26.3 Å². The Morgan fingerprint density at radius 3 is 2.43 bits per heavy atom. The summed E-state index contributed by atoms with van der Waals surface area (Å²) in [5, 5.41) is 14.6. The SMILES string of the molecule is CCC(C)(C)NS(=O)(=O)c1ccc(-c2sc(C(O)NC3CCS(=O)(=O)CC3)nc2C(=O)N2CCC(C)CC2)c(Cl)c1C. The summed E-state index contributed by atoms with van der Waals surface area (Å²) < 4.78 is 52.9. The number of likely N-dealkylation sites (tertiary alicyclic amines) is 1. The van der Waals surface area contributed by atoms with Gasteiger partial charge in [0.15, 0.2) is 6.23 Å². The van der Waals surface area contributed by atoms with Gasteiger partial charge in [-0.15, -0.1) is 11.3 Å². The van der Waals surface area contributed by atoms with Crippen molar-refractivity contribution < 1.29 is 26.7 Å². The number of aliphatic hydroxyl groups is 1. The molecule has 0 spiro atoms. The fourth-order valence-corrected chi connectivity index (χ4v) is 9.75. The molecule has 1 aromatic carbocycles. The predicted molar refractivity (Wildman–Crippen MR) is 166 cm³/mol. The van der Waals surface area contributed by atoms with E-state index in [2.05, 4.69) is 21.9 Å². The van der Waals surface area contributed by atoms with Gasteiger partial charge in [-0.1, -0.05) is 31.5 Å². The topological polar surface area (TPSA) is 146 Å². The Morgan fingerprint density at radius 1 is 1.21 bits per heavy atom. The highest BCUT2D eigenvalue weighted by atomic mass is 35.5. The molecule has 234 valence electrons. The first-order valence-corrected chi connectivity index (χ1v) is 18.8. The Kier molecular flexibility index (Phi) is 10.1. The van der Waals surface area contributed by atoms with E-state index >= 15 is 0 Å². The van der Waals surface area contributed by atoms with Crippen molar-refractivity contribution in [2.45, 2.75) is 89.4 Å². The minimum absolute atomic E-state index is 0.0477. The molecule has 1 aromatic heterocycles. The lowest BCUT2D eigenvalue weighted by Gasteiger charge is -2.30. The summed E-state index contributed by atoms with van der Waals surface area (Å²) in [6.45, 7) is 10.5. The molecular weight excluding hydrogens is 620 g/mol. The normalized spacial score (nSPS) is 19.6. The minimum Gasteiger partial charge on any atom is -0.372 e. The second-order valence-corrected chi connectivity index (χ2v) is 17.5. The van der Waals surface area contributed by atoms with Crippen LogP contribution >= 0.6 is 22.9 Å². The van der Waals surface area contributed by atoms with Crippen LogP contribution in [0.5, 0.6) is 0 Å². The third-order valence-electron chi connectivity index (χ3n) is 8.26. The molecule has 3 N–H and O–H groups in total. The van der Waals surface area contributed by atoms with Crippen LogP contribution in [0.15, 0.2) is 17.0 Å². The van der Waals surface area contributed by atoms with E-state index in [-0.39, 0.29) is 44.1 Å². The number of halogens is 1. The largest absolute Gasteiger partial charge is 0.372 e. The van der Waals surface area contributed by atoms with Crippen LogP contribution in [0.2, 0.25) is 5.02 Å². The van der Waals surface area contributed by atoms with E-state index in [9.17, 15) is 26.7 Å². The lowest BCUT2D eigenvalue weighted by atomic mass is 9.99. The Balaban J connectivity index is 1.71. The van der Waals surface area contributed by atoms with Crippen LogP contribution in [-0.2, 0) is 19.9 Å². The molecule has 0 saturated carbocycles. The molecule has 42 heavy (non-hydrogen) atoms. The number of sulfone groups is 1. The fourth-order valence-electron chi connectivity index (χ4n) is 5.12. The number of amides is 1. The van der Waals surface area contributed by atoms with E-state index in [1.165, 1.54) is 6.07 Å². The first-order chi connectivity index (χ1) is 19.5. The highest BCUT2D eigenvalue weighted by Crippen LogP contribution is 2.41. The van der Waals surface area contributed by atoms with Crippen molar-refractivity contribution in [2.75, 3.05) is 24.6 Å². The molecule has 14 heteroatoms. The quantitative estimate of drug-likeness (QED) is 0.338. The molecule has 2 fully saturated rings. The Morgan fingerprint density at radius 2 is 1.83 bits per heavy atom. The van der Waals surface area contributed by atoms with Crippen molar-refractivity contribution in [2.24, 2.45) is 5.92 Å². The number of hydrogen-bond donors (Lipinski definition) is 3. The van der Waals surface area contributed by atoms with Gasteiger partial charge < -0.3 is 10.0 Å². The van der Waals surface area contributed by atoms with Crippen LogP contribution in [0.25, 0.3) is 10.4 Å². The van der Waals surface area contributed by atoms with Crippen molar-refractivity contribution in [3.8, 4) is 10.4 Å². The maximum Gasteiger partial charge on any atom is 0.273 e. The van der Waals surface area contributed by atoms with Crippen molar-refractivity contribution in [3.05, 3.63) is 33.4 Å². The van der Waals surface area contributed by atoms with Crippen LogP contribution in [-0.4, -0.2) is 73.9 Å². The van der Waals surface area contributed by atoms with E-state index in [0.717, 1.165) is 24.2 Å². The third-order valence-corrected chi connectivity index (χ3v) is 13.5. The van der Waals surface area contributed by atoms with Gasteiger partial charge in [0.2, 0.25) is 10.0 Å². The van der Waals surface area contributed by atoms with Gasteiger partial charge in [0.25, 0.3) is 5.91 Å². The molecule has 3 heterocycles. The maximum atomic E-state index is 13.8. The number of thiazole rings is 1. The number of nitrogens with zero attached hydrogens (tertiary/aromatic N) is 2. The zero-order valence-electron chi connectivity index (χ0n) is 24.7. The smallest absolute Gasteiger partial charge is 0.273 e. The fraction of sp³-hybridized carbons (Fsp3) is 0.643. The third kappa shape index (κ3) is 7.54. The summed E-state index contributed by atoms with van der Waals surface area (Å²) in [6, 6.07) is 2.85. The van der Waals surface area contributed by atoms with E-state index < -0.39 is 31.6 Å². The molecule has 0 aliphatic carbocycles. The Hall–Kier alpha value is -1.61. The summed E-state index contributed by atoms with van der Waals surface area (Å²) in [5.41, 5.74) is 0.297. The molecule has 2 aliphatic heterocycles. The average Bonchev–Trinajstić information content (AvgIpc) is 3.36. The van der Waals surface area contributed by atoms with Crippen LogP contribution in [0.1, 0.15) is 87.1 Å². The van der Waals surface area contributed by atoms with Gasteiger partial charge >= 0.3 is 0 Å². The number of piperidine rings is 1. The molecule has 1 amide bonds. The van der Waals surface area contributed by atoms with Crippen molar-refractivity contribution >= 4 is 48.7 Å². The number of aromatic nitrogens is 1. The number of nitrogens with one attached hydrogen (secondary N) is 2. The molecule has 0 radical (unpaired) electrons. The minimum atomic E-state index is -3.88. The Labute approximate surface area is 258 Å². The van der Waals surface area contributed by atoms with Crippen molar-refractivity contribution in [3.63, 3.8) is 0 Å². The van der Waals surface area contributed by atoms with Gasteiger partial charge in [-0.25, -0.2) is 26.5 Å². The summed E-state index contributed by atoms with van der Waals surface area (Å²) in [4.78, 5) is 20.6. The van der Waals surface area contributed by atoms with Crippen LogP contribution in [0, 0.1) is 12.8 Å². The van der Waals surface area contributed by atoms with Crippen LogP contribution < -0.4 is 10.0 Å². The summed E-state index contributed by atoms with van der Waals surface area (Å²) in [7, 11) is -6.94. The number of sulfonamides is 1. The molecule has 0 bridgehead atoms. The van der Waals surface area contributed by atoms with E-state index in [4.69, 9.17) is 11.6 Å². The molecule has 2 aromatic rings. The molecular formula is C28H41ClN4O6S3. The van der Waals surface area contributed by atoms with E-state index in [1.807, 2.05) is 6.92 Å². The van der Waals surface area contributed by atoms with Crippen molar-refractivity contribution in [1.29, 1.82) is 0 Å². The van der Waals surface area contributed by atoms with Crippen LogP contribution in [0.3, 0.4) is 0 Å². The number of aliphatic hydroxyl groups excluding tert-OH is 1. The van der Waals surface area contributed by atoms with Crippen molar-refractivity contribution in [1.82, 2.24) is 19.9 Å². The molecule has 1 atom stereocenters. The number of benzene rings is 1. The zero-order valence-corrected chi connectivity index (χ0v) is 27.9. The molecule has 2 aliphatic rings. The number of carbonyl (C=O) groups is 1. The van der Waals surface area contributed by atoms with Gasteiger partial charge in [-0.05, 0) is 70.4 Å². The second kappa shape index (κ2) is 12.8. The summed E-state index contributed by atoms with van der Waals surface area (Å²) in [5.74, 6) is 0.341. The number of carbonyl (C=O) groups excluding carboxylic acids is 1. The van der Waals surface area contributed by atoms with Gasteiger partial charge in [-0.2, -0.15) is 0 Å². The highest BCUT2D eigenvalue weighted by Gasteiger charge is 2.33. The van der Waals surface area contributed by atoms with Gasteiger partial charge in [-0.3, -0.25) is 10.1 Å². The summed E-state index contributed by atoms with van der Waals surface area (Å²) in [6.07, 6.45) is 1.87. The standard InChI is InChI=1S/C28H41ClN4O6S3/c1-6-28(4,5)32-42(38,39)21-8-7-20(22(29)18(21)3)24-23(27(35)33-13-9-17(2)10-14-33)31-26(40-24)25(34)30-19-11-15-41(36,37)16-12-19/h7-8,17,19,25,30,32,34H,6,9-16H2,1-5H3. The van der Waals surface area contributed by atoms with E-state index in [0.29, 0.717) is 54.3 Å². The first-order valence-electron chi connectivity index (χ1n) is 14.3. The average molecular weight is 661 g/mol. The monoisotopic (exact) mass is 660 g/mol. The predicted octanol–water partition coefficient (Wildman–Crippen LogP) is 4.27. The molecule has 1 unspecified atom stereocenters. The lowest BCUT2D eigenvalue weighted by molar-refractivity contribution is 0.0691. The zero-order chi connectivity index (χ0) is 31.0. The van der Waals surface area contributed by atoms with E-state index in [1.54, 1.807) is 31.7 Å². The van der Waals surface area contributed by atoms with Gasteiger partial charge in [0, 0.05) is 30.2 Å². The maximum absolute atomic E-state index is 13.8.